The number of nitrogens with zero attached hydrogens (tertiary/aromatic N) is 3. The number of nitriles is 1. The molecule has 170 valence electrons. The largest absolute Gasteiger partial charge is 0.440 e. The quantitative estimate of drug-likeness (QED) is 0.622. The highest BCUT2D eigenvalue weighted by molar-refractivity contribution is 5.98. The number of carbonyl (C=O) groups excluding carboxylic acids is 1. The van der Waals surface area contributed by atoms with E-state index in [1.54, 1.807) is 38.4 Å². The molecular weight excluding hydrogens is 420 g/mol. The minimum atomic E-state index is -0.179. The summed E-state index contributed by atoms with van der Waals surface area (Å²) in [6, 6.07) is 14.3. The molecule has 0 radical (unpaired) electrons. The molecule has 1 fully saturated rings. The van der Waals surface area contributed by atoms with E-state index < -0.39 is 0 Å². The van der Waals surface area contributed by atoms with Crippen LogP contribution in [0.25, 0.3) is 11.0 Å². The fraction of sp³-hybridized carbons (Fsp3) is 0.320. The first kappa shape index (κ1) is 22.4. The fourth-order valence-corrected chi connectivity index (χ4v) is 3.86. The molecular formula is C25H26N4O4. The first-order valence-corrected chi connectivity index (χ1v) is 10.9. The van der Waals surface area contributed by atoms with Gasteiger partial charge >= 0.3 is 0 Å². The second kappa shape index (κ2) is 9.76. The highest BCUT2D eigenvalue weighted by atomic mass is 16.5. The molecule has 1 aliphatic heterocycles. The van der Waals surface area contributed by atoms with Crippen LogP contribution in [0.3, 0.4) is 0 Å². The number of fused-ring (bicyclic) bond motifs is 1. The van der Waals surface area contributed by atoms with Gasteiger partial charge < -0.3 is 24.3 Å². The van der Waals surface area contributed by atoms with Gasteiger partial charge in [-0.05, 0) is 42.3 Å². The number of amides is 1. The number of rotatable bonds is 6. The van der Waals surface area contributed by atoms with E-state index in [4.69, 9.17) is 14.4 Å². The third-order valence-corrected chi connectivity index (χ3v) is 5.58. The monoisotopic (exact) mass is 446 g/mol. The van der Waals surface area contributed by atoms with Crippen molar-refractivity contribution in [3.63, 3.8) is 0 Å². The fourth-order valence-electron chi connectivity index (χ4n) is 3.86. The molecule has 0 aliphatic carbocycles. The standard InChI is InChI=1S/C25H26N4O4/c1-28(2)25(31)19-13-18(6-7-27-20-5-3-4-17(12-20)16-26)24-21(14-19)22(30)15-23(33-24)29-8-10-32-11-9-29/h3-5,12-15,27H,6-11H2,1-2H3. The van der Waals surface area contributed by atoms with Crippen LogP contribution < -0.4 is 15.6 Å². The summed E-state index contributed by atoms with van der Waals surface area (Å²) >= 11 is 0. The molecule has 0 unspecified atom stereocenters. The number of morpholine rings is 1. The number of nitrogens with one attached hydrogen (secondary N) is 1. The van der Waals surface area contributed by atoms with E-state index in [1.165, 1.54) is 11.0 Å². The lowest BCUT2D eigenvalue weighted by Gasteiger charge is -2.27. The van der Waals surface area contributed by atoms with E-state index >= 15 is 0 Å². The van der Waals surface area contributed by atoms with E-state index in [1.807, 2.05) is 17.0 Å². The van der Waals surface area contributed by atoms with Crippen molar-refractivity contribution in [1.29, 1.82) is 5.26 Å². The summed E-state index contributed by atoms with van der Waals surface area (Å²) in [6.07, 6.45) is 0.525. The van der Waals surface area contributed by atoms with Crippen LogP contribution in [0.2, 0.25) is 0 Å². The van der Waals surface area contributed by atoms with Crippen LogP contribution in [0.15, 0.2) is 51.7 Å². The molecule has 8 nitrogen and oxygen atoms in total. The molecule has 33 heavy (non-hydrogen) atoms. The van der Waals surface area contributed by atoms with Gasteiger partial charge in [-0.3, -0.25) is 9.59 Å². The zero-order chi connectivity index (χ0) is 23.4. The van der Waals surface area contributed by atoms with Gasteiger partial charge in [0.15, 0.2) is 11.3 Å². The molecule has 1 amide bonds. The Hall–Kier alpha value is -3.83. The minimum absolute atomic E-state index is 0.176. The summed E-state index contributed by atoms with van der Waals surface area (Å²) in [5.74, 6) is 0.336. The molecule has 0 spiro atoms. The summed E-state index contributed by atoms with van der Waals surface area (Å²) in [7, 11) is 3.36. The van der Waals surface area contributed by atoms with Crippen LogP contribution in [-0.4, -0.2) is 57.8 Å². The van der Waals surface area contributed by atoms with E-state index in [-0.39, 0.29) is 11.3 Å². The second-order valence-electron chi connectivity index (χ2n) is 8.13. The van der Waals surface area contributed by atoms with Crippen molar-refractivity contribution in [3.05, 3.63) is 69.4 Å². The van der Waals surface area contributed by atoms with E-state index in [2.05, 4.69) is 11.4 Å². The van der Waals surface area contributed by atoms with E-state index in [0.717, 1.165) is 11.3 Å². The van der Waals surface area contributed by atoms with Gasteiger partial charge in [0.1, 0.15) is 5.58 Å². The van der Waals surface area contributed by atoms with Crippen LogP contribution in [0, 0.1) is 11.3 Å². The van der Waals surface area contributed by atoms with Crippen molar-refractivity contribution in [2.24, 2.45) is 0 Å². The van der Waals surface area contributed by atoms with E-state index in [0.29, 0.717) is 67.2 Å². The van der Waals surface area contributed by atoms with Gasteiger partial charge in [-0.25, -0.2) is 0 Å². The van der Waals surface area contributed by atoms with Gasteiger partial charge in [-0.2, -0.15) is 5.26 Å². The first-order valence-electron chi connectivity index (χ1n) is 10.9. The SMILES string of the molecule is CN(C)C(=O)c1cc(CCNc2cccc(C#N)c2)c2oc(N3CCOCC3)cc(=O)c2c1. The van der Waals surface area contributed by atoms with Crippen molar-refractivity contribution in [1.82, 2.24) is 4.90 Å². The number of carbonyl (C=O) groups is 1. The molecule has 2 aromatic carbocycles. The number of ether oxygens (including phenoxy) is 1. The minimum Gasteiger partial charge on any atom is -0.440 e. The van der Waals surface area contributed by atoms with Crippen LogP contribution in [-0.2, 0) is 11.2 Å². The number of hydrogen-bond acceptors (Lipinski definition) is 7. The van der Waals surface area contributed by atoms with Crippen molar-refractivity contribution >= 4 is 28.4 Å². The summed E-state index contributed by atoms with van der Waals surface area (Å²) in [6.45, 7) is 3.00. The molecule has 2 heterocycles. The summed E-state index contributed by atoms with van der Waals surface area (Å²) in [5, 5.41) is 12.8. The molecule has 0 atom stereocenters. The normalized spacial score (nSPS) is 13.5. The maximum Gasteiger partial charge on any atom is 0.253 e. The van der Waals surface area contributed by atoms with Crippen molar-refractivity contribution in [3.8, 4) is 6.07 Å². The zero-order valence-corrected chi connectivity index (χ0v) is 18.8. The Morgan fingerprint density at radius 2 is 1.97 bits per heavy atom. The molecule has 4 rings (SSSR count). The Labute approximate surface area is 192 Å². The average molecular weight is 447 g/mol. The van der Waals surface area contributed by atoms with Gasteiger partial charge in [0.05, 0.1) is 30.2 Å². The third kappa shape index (κ3) is 4.99. The van der Waals surface area contributed by atoms with Crippen LogP contribution >= 0.6 is 0 Å². The van der Waals surface area contributed by atoms with Crippen LogP contribution in [0.4, 0.5) is 11.6 Å². The predicted molar refractivity (Wildman–Crippen MR) is 127 cm³/mol. The lowest BCUT2D eigenvalue weighted by Crippen LogP contribution is -2.36. The van der Waals surface area contributed by atoms with Crippen molar-refractivity contribution < 1.29 is 13.9 Å². The van der Waals surface area contributed by atoms with Gasteiger partial charge in [0.25, 0.3) is 5.91 Å². The molecule has 0 bridgehead atoms. The molecule has 0 saturated carbocycles. The highest BCUT2D eigenvalue weighted by Gasteiger charge is 2.19. The number of benzene rings is 2. The maximum absolute atomic E-state index is 13.0. The van der Waals surface area contributed by atoms with Crippen LogP contribution in [0.1, 0.15) is 21.5 Å². The molecule has 3 aromatic rings. The first-order chi connectivity index (χ1) is 16.0. The summed E-state index contributed by atoms with van der Waals surface area (Å²) < 4.78 is 11.6. The van der Waals surface area contributed by atoms with E-state index in [9.17, 15) is 9.59 Å². The second-order valence-corrected chi connectivity index (χ2v) is 8.13. The number of hydrogen-bond donors (Lipinski definition) is 1. The Balaban J connectivity index is 1.70. The molecule has 1 N–H and O–H groups in total. The van der Waals surface area contributed by atoms with Gasteiger partial charge in [0, 0.05) is 51.0 Å². The lowest BCUT2D eigenvalue weighted by atomic mass is 10.0. The predicted octanol–water partition coefficient (Wildman–Crippen LogP) is 2.86. The Morgan fingerprint density at radius 1 is 1.18 bits per heavy atom. The smallest absolute Gasteiger partial charge is 0.253 e. The Bertz CT molecular complexity index is 1270. The van der Waals surface area contributed by atoms with Gasteiger partial charge in [0.2, 0.25) is 0 Å². The maximum atomic E-state index is 13.0. The van der Waals surface area contributed by atoms with Crippen LogP contribution in [0.5, 0.6) is 0 Å². The molecule has 1 saturated heterocycles. The summed E-state index contributed by atoms with van der Waals surface area (Å²) in [5.41, 5.74) is 2.93. The molecule has 8 heteroatoms. The number of anilines is 2. The van der Waals surface area contributed by atoms with Gasteiger partial charge in [-0.15, -0.1) is 0 Å². The molecule has 1 aliphatic rings. The zero-order valence-electron chi connectivity index (χ0n) is 18.8. The average Bonchev–Trinajstić information content (AvgIpc) is 2.84. The molecule has 1 aromatic heterocycles. The van der Waals surface area contributed by atoms with Crippen molar-refractivity contribution in [2.75, 3.05) is 57.2 Å². The highest BCUT2D eigenvalue weighted by Crippen LogP contribution is 2.26. The van der Waals surface area contributed by atoms with Gasteiger partial charge in [-0.1, -0.05) is 6.07 Å². The Kier molecular flexibility index (Phi) is 6.61. The lowest BCUT2D eigenvalue weighted by molar-refractivity contribution is 0.0827. The summed E-state index contributed by atoms with van der Waals surface area (Å²) in [4.78, 5) is 29.2. The topological polar surface area (TPSA) is 98.8 Å². The Morgan fingerprint density at radius 3 is 2.70 bits per heavy atom. The third-order valence-electron chi connectivity index (χ3n) is 5.58. The van der Waals surface area contributed by atoms with Crippen molar-refractivity contribution in [2.45, 2.75) is 6.42 Å².